The molecular formula is C23H26N4O. The molecule has 0 bridgehead atoms. The van der Waals surface area contributed by atoms with E-state index in [9.17, 15) is 4.79 Å². The van der Waals surface area contributed by atoms with Crippen molar-refractivity contribution in [2.75, 3.05) is 18.4 Å². The number of anilines is 1. The van der Waals surface area contributed by atoms with Gasteiger partial charge in [-0.2, -0.15) is 0 Å². The maximum atomic E-state index is 12.4. The molecule has 0 radical (unpaired) electrons. The first kappa shape index (κ1) is 19.5. The van der Waals surface area contributed by atoms with Crippen molar-refractivity contribution in [3.05, 3.63) is 89.2 Å². The van der Waals surface area contributed by atoms with Crippen molar-refractivity contribution >= 4 is 11.9 Å². The second kappa shape index (κ2) is 10.2. The van der Waals surface area contributed by atoms with Crippen molar-refractivity contribution in [2.45, 2.75) is 26.2 Å². The van der Waals surface area contributed by atoms with E-state index in [1.54, 1.807) is 6.07 Å². The SMILES string of the molecule is Cc1cc(C(=O)NCCc2ccccc2)nc(NCCCc2ccccc2)n1. The second-order valence-electron chi connectivity index (χ2n) is 6.73. The summed E-state index contributed by atoms with van der Waals surface area (Å²) in [5, 5.41) is 6.16. The summed E-state index contributed by atoms with van der Waals surface area (Å²) >= 11 is 0. The van der Waals surface area contributed by atoms with Gasteiger partial charge < -0.3 is 10.6 Å². The van der Waals surface area contributed by atoms with Crippen LogP contribution in [-0.2, 0) is 12.8 Å². The molecule has 0 saturated heterocycles. The predicted octanol–water partition coefficient (Wildman–Crippen LogP) is 3.80. The number of aromatic nitrogens is 2. The Morgan fingerprint density at radius 2 is 1.50 bits per heavy atom. The van der Waals surface area contributed by atoms with E-state index in [0.29, 0.717) is 18.2 Å². The molecule has 3 aromatic rings. The molecule has 0 spiro atoms. The van der Waals surface area contributed by atoms with Gasteiger partial charge in [-0.3, -0.25) is 4.79 Å². The van der Waals surface area contributed by atoms with Gasteiger partial charge in [0.2, 0.25) is 5.95 Å². The number of aryl methyl sites for hydroxylation is 2. The van der Waals surface area contributed by atoms with Crippen LogP contribution in [-0.4, -0.2) is 29.0 Å². The van der Waals surface area contributed by atoms with Crippen LogP contribution in [0.25, 0.3) is 0 Å². The van der Waals surface area contributed by atoms with Crippen molar-refractivity contribution < 1.29 is 4.79 Å². The Labute approximate surface area is 166 Å². The van der Waals surface area contributed by atoms with Crippen molar-refractivity contribution in [1.29, 1.82) is 0 Å². The van der Waals surface area contributed by atoms with Gasteiger partial charge >= 0.3 is 0 Å². The number of nitrogens with zero attached hydrogens (tertiary/aromatic N) is 2. The van der Waals surface area contributed by atoms with Gasteiger partial charge in [0.05, 0.1) is 0 Å². The van der Waals surface area contributed by atoms with Crippen LogP contribution in [0.2, 0.25) is 0 Å². The summed E-state index contributed by atoms with van der Waals surface area (Å²) in [4.78, 5) is 21.2. The number of nitrogens with one attached hydrogen (secondary N) is 2. The minimum atomic E-state index is -0.172. The summed E-state index contributed by atoms with van der Waals surface area (Å²) in [6.07, 6.45) is 2.76. The van der Waals surface area contributed by atoms with Crippen LogP contribution in [0.5, 0.6) is 0 Å². The van der Waals surface area contributed by atoms with E-state index < -0.39 is 0 Å². The minimum Gasteiger partial charge on any atom is -0.354 e. The highest BCUT2D eigenvalue weighted by atomic mass is 16.1. The molecule has 0 atom stereocenters. The molecule has 144 valence electrons. The van der Waals surface area contributed by atoms with E-state index in [0.717, 1.165) is 31.5 Å². The molecule has 1 aromatic heterocycles. The van der Waals surface area contributed by atoms with Crippen molar-refractivity contribution in [1.82, 2.24) is 15.3 Å². The van der Waals surface area contributed by atoms with Crippen molar-refractivity contribution in [3.8, 4) is 0 Å². The lowest BCUT2D eigenvalue weighted by molar-refractivity contribution is 0.0949. The zero-order valence-corrected chi connectivity index (χ0v) is 16.2. The molecular weight excluding hydrogens is 348 g/mol. The standard InChI is InChI=1S/C23H26N4O/c1-18-17-21(22(28)24-16-14-20-11-6-3-7-12-20)27-23(26-18)25-15-8-13-19-9-4-2-5-10-19/h2-7,9-12,17H,8,13-16H2,1H3,(H,24,28)(H,25,26,27). The molecule has 1 amide bonds. The second-order valence-corrected chi connectivity index (χ2v) is 6.73. The monoisotopic (exact) mass is 374 g/mol. The fourth-order valence-electron chi connectivity index (χ4n) is 2.96. The molecule has 0 aliphatic rings. The lowest BCUT2D eigenvalue weighted by Crippen LogP contribution is -2.27. The number of rotatable bonds is 9. The number of carbonyl (C=O) groups excluding carboxylic acids is 1. The number of carbonyl (C=O) groups is 1. The van der Waals surface area contributed by atoms with Crippen LogP contribution in [0, 0.1) is 6.92 Å². The third-order valence-corrected chi connectivity index (χ3v) is 4.40. The zero-order chi connectivity index (χ0) is 19.6. The molecule has 2 N–H and O–H groups in total. The highest BCUT2D eigenvalue weighted by Crippen LogP contribution is 2.07. The average molecular weight is 374 g/mol. The molecule has 0 aliphatic heterocycles. The molecule has 1 heterocycles. The maximum Gasteiger partial charge on any atom is 0.270 e. The van der Waals surface area contributed by atoms with E-state index in [2.05, 4.69) is 57.0 Å². The molecule has 0 saturated carbocycles. The summed E-state index contributed by atoms with van der Waals surface area (Å²) in [5.74, 6) is 0.329. The van der Waals surface area contributed by atoms with Gasteiger partial charge in [0, 0.05) is 18.8 Å². The van der Waals surface area contributed by atoms with Gasteiger partial charge in [-0.1, -0.05) is 60.7 Å². The fraction of sp³-hybridized carbons (Fsp3) is 0.261. The lowest BCUT2D eigenvalue weighted by Gasteiger charge is -2.09. The highest BCUT2D eigenvalue weighted by Gasteiger charge is 2.10. The van der Waals surface area contributed by atoms with Crippen LogP contribution < -0.4 is 10.6 Å². The van der Waals surface area contributed by atoms with Gasteiger partial charge in [-0.05, 0) is 43.4 Å². The Balaban J connectivity index is 1.48. The van der Waals surface area contributed by atoms with Gasteiger partial charge in [-0.25, -0.2) is 9.97 Å². The minimum absolute atomic E-state index is 0.172. The Bertz CT molecular complexity index is 882. The van der Waals surface area contributed by atoms with Gasteiger partial charge in [0.15, 0.2) is 0 Å². The number of hydrogen-bond donors (Lipinski definition) is 2. The topological polar surface area (TPSA) is 66.9 Å². The summed E-state index contributed by atoms with van der Waals surface area (Å²) in [5.41, 5.74) is 3.68. The molecule has 5 heteroatoms. The number of benzene rings is 2. The Hall–Kier alpha value is -3.21. The van der Waals surface area contributed by atoms with Crippen molar-refractivity contribution in [2.24, 2.45) is 0 Å². The zero-order valence-electron chi connectivity index (χ0n) is 16.2. The molecule has 28 heavy (non-hydrogen) atoms. The van der Waals surface area contributed by atoms with Crippen LogP contribution in [0.4, 0.5) is 5.95 Å². The van der Waals surface area contributed by atoms with Crippen molar-refractivity contribution in [3.63, 3.8) is 0 Å². The Morgan fingerprint density at radius 1 is 0.857 bits per heavy atom. The van der Waals surface area contributed by atoms with E-state index in [4.69, 9.17) is 0 Å². The first-order valence-electron chi connectivity index (χ1n) is 9.66. The number of hydrogen-bond acceptors (Lipinski definition) is 4. The van der Waals surface area contributed by atoms with Crippen LogP contribution in [0.3, 0.4) is 0 Å². The first-order valence-corrected chi connectivity index (χ1v) is 9.66. The lowest BCUT2D eigenvalue weighted by atomic mass is 10.1. The summed E-state index contributed by atoms with van der Waals surface area (Å²) in [6, 6.07) is 22.2. The number of amides is 1. The van der Waals surface area contributed by atoms with Crippen LogP contribution in [0.15, 0.2) is 66.7 Å². The Kier molecular flexibility index (Phi) is 7.13. The molecule has 5 nitrogen and oxygen atoms in total. The predicted molar refractivity (Wildman–Crippen MR) is 113 cm³/mol. The van der Waals surface area contributed by atoms with Gasteiger partial charge in [0.1, 0.15) is 5.69 Å². The first-order chi connectivity index (χ1) is 13.7. The van der Waals surface area contributed by atoms with Crippen LogP contribution in [0.1, 0.15) is 33.7 Å². The normalized spacial score (nSPS) is 10.5. The maximum absolute atomic E-state index is 12.4. The van der Waals surface area contributed by atoms with E-state index in [1.807, 2.05) is 31.2 Å². The van der Waals surface area contributed by atoms with E-state index >= 15 is 0 Å². The molecule has 0 fully saturated rings. The smallest absolute Gasteiger partial charge is 0.270 e. The quantitative estimate of drug-likeness (QED) is 0.559. The molecule has 2 aromatic carbocycles. The molecule has 0 aliphatic carbocycles. The largest absolute Gasteiger partial charge is 0.354 e. The highest BCUT2D eigenvalue weighted by molar-refractivity contribution is 5.92. The molecule has 0 unspecified atom stereocenters. The summed E-state index contributed by atoms with van der Waals surface area (Å²) < 4.78 is 0. The third-order valence-electron chi connectivity index (χ3n) is 4.40. The van der Waals surface area contributed by atoms with E-state index in [-0.39, 0.29) is 5.91 Å². The van der Waals surface area contributed by atoms with E-state index in [1.165, 1.54) is 11.1 Å². The summed E-state index contributed by atoms with van der Waals surface area (Å²) in [7, 11) is 0. The summed E-state index contributed by atoms with van der Waals surface area (Å²) in [6.45, 7) is 3.21. The van der Waals surface area contributed by atoms with Crippen LogP contribution >= 0.6 is 0 Å². The molecule has 3 rings (SSSR count). The fourth-order valence-corrected chi connectivity index (χ4v) is 2.96. The van der Waals surface area contributed by atoms with Gasteiger partial charge in [-0.15, -0.1) is 0 Å². The average Bonchev–Trinajstić information content (AvgIpc) is 2.72. The van der Waals surface area contributed by atoms with Gasteiger partial charge in [0.25, 0.3) is 5.91 Å². The Morgan fingerprint density at radius 3 is 2.18 bits per heavy atom. The third kappa shape index (κ3) is 6.20.